The Morgan fingerprint density at radius 3 is 2.28 bits per heavy atom. The van der Waals surface area contributed by atoms with Crippen molar-refractivity contribution in [3.05, 3.63) is 70.0 Å². The van der Waals surface area contributed by atoms with Crippen molar-refractivity contribution < 1.29 is 9.50 Å². The first-order valence-corrected chi connectivity index (χ1v) is 6.04. The van der Waals surface area contributed by atoms with E-state index in [0.29, 0.717) is 10.6 Å². The molecule has 0 aliphatic carbocycles. The van der Waals surface area contributed by atoms with Crippen LogP contribution >= 0.6 is 11.6 Å². The molecule has 18 heavy (non-hydrogen) atoms. The maximum absolute atomic E-state index is 13.1. The van der Waals surface area contributed by atoms with Gasteiger partial charge in [0.25, 0.3) is 0 Å². The third-order valence-corrected chi connectivity index (χ3v) is 3.37. The highest BCUT2D eigenvalue weighted by Crippen LogP contribution is 2.32. The number of hydrogen-bond acceptors (Lipinski definition) is 1. The lowest BCUT2D eigenvalue weighted by molar-refractivity contribution is 0.101. The molecule has 1 N–H and O–H groups in total. The molecule has 0 saturated carbocycles. The van der Waals surface area contributed by atoms with Crippen LogP contribution < -0.4 is 0 Å². The molecule has 94 valence electrons. The van der Waals surface area contributed by atoms with Crippen LogP contribution in [0, 0.1) is 12.7 Å². The zero-order valence-corrected chi connectivity index (χ0v) is 11.0. The van der Waals surface area contributed by atoms with E-state index in [2.05, 4.69) is 0 Å². The summed E-state index contributed by atoms with van der Waals surface area (Å²) in [6.07, 6.45) is 0. The van der Waals surface area contributed by atoms with Crippen molar-refractivity contribution >= 4 is 11.6 Å². The van der Waals surface area contributed by atoms with Crippen LogP contribution in [0.15, 0.2) is 42.5 Å². The molecule has 0 aromatic heterocycles. The van der Waals surface area contributed by atoms with E-state index in [0.717, 1.165) is 11.1 Å². The van der Waals surface area contributed by atoms with Gasteiger partial charge in [-0.1, -0.05) is 29.8 Å². The van der Waals surface area contributed by atoms with Crippen molar-refractivity contribution in [3.8, 4) is 0 Å². The highest BCUT2D eigenvalue weighted by Gasteiger charge is 2.27. The molecule has 1 unspecified atom stereocenters. The maximum Gasteiger partial charge on any atom is 0.123 e. The van der Waals surface area contributed by atoms with Crippen LogP contribution in [0.1, 0.15) is 23.6 Å². The highest BCUT2D eigenvalue weighted by atomic mass is 35.5. The molecule has 0 aliphatic heterocycles. The Balaban J connectivity index is 2.50. The molecule has 0 bridgehead atoms. The number of aryl methyl sites for hydroxylation is 1. The fourth-order valence-corrected chi connectivity index (χ4v) is 2.23. The van der Waals surface area contributed by atoms with Gasteiger partial charge in [0, 0.05) is 5.02 Å². The van der Waals surface area contributed by atoms with Crippen molar-refractivity contribution in [1.29, 1.82) is 0 Å². The second-order valence-corrected chi connectivity index (χ2v) is 4.97. The summed E-state index contributed by atoms with van der Waals surface area (Å²) in [5.74, 6) is -0.303. The summed E-state index contributed by atoms with van der Waals surface area (Å²) in [6.45, 7) is 3.47. The van der Waals surface area contributed by atoms with Crippen LogP contribution in [-0.4, -0.2) is 5.11 Å². The molecule has 2 aromatic carbocycles. The van der Waals surface area contributed by atoms with Crippen molar-refractivity contribution in [1.82, 2.24) is 0 Å². The molecule has 2 rings (SSSR count). The largest absolute Gasteiger partial charge is 0.381 e. The summed E-state index contributed by atoms with van der Waals surface area (Å²) in [6, 6.07) is 11.4. The van der Waals surface area contributed by atoms with Crippen molar-refractivity contribution in [2.75, 3.05) is 0 Å². The molecule has 0 saturated heterocycles. The molecule has 3 heteroatoms. The zero-order valence-electron chi connectivity index (χ0n) is 10.2. The Morgan fingerprint density at radius 2 is 1.72 bits per heavy atom. The van der Waals surface area contributed by atoms with E-state index < -0.39 is 5.60 Å². The van der Waals surface area contributed by atoms with Gasteiger partial charge in [0.1, 0.15) is 11.4 Å². The molecular weight excluding hydrogens is 251 g/mol. The average molecular weight is 265 g/mol. The lowest BCUT2D eigenvalue weighted by atomic mass is 9.86. The molecular formula is C15H14ClFO. The van der Waals surface area contributed by atoms with E-state index in [-0.39, 0.29) is 5.82 Å². The van der Waals surface area contributed by atoms with Crippen molar-refractivity contribution in [3.63, 3.8) is 0 Å². The summed E-state index contributed by atoms with van der Waals surface area (Å²) < 4.78 is 13.1. The van der Waals surface area contributed by atoms with Crippen LogP contribution in [0.5, 0.6) is 0 Å². The predicted molar refractivity (Wildman–Crippen MR) is 71.3 cm³/mol. The Bertz CT molecular complexity index is 561. The Hall–Kier alpha value is -1.38. The second kappa shape index (κ2) is 4.71. The molecule has 0 aliphatic rings. The number of benzene rings is 2. The summed E-state index contributed by atoms with van der Waals surface area (Å²) in [5, 5.41) is 11.3. The Kier molecular flexibility index (Phi) is 3.42. The minimum atomic E-state index is -1.16. The summed E-state index contributed by atoms with van der Waals surface area (Å²) in [4.78, 5) is 0. The van der Waals surface area contributed by atoms with Gasteiger partial charge in [-0.2, -0.15) is 0 Å². The molecule has 0 spiro atoms. The quantitative estimate of drug-likeness (QED) is 0.868. The number of aliphatic hydroxyl groups is 1. The first kappa shape index (κ1) is 13.1. The van der Waals surface area contributed by atoms with Gasteiger partial charge in [-0.25, -0.2) is 4.39 Å². The van der Waals surface area contributed by atoms with Gasteiger partial charge < -0.3 is 5.11 Å². The van der Waals surface area contributed by atoms with E-state index in [9.17, 15) is 9.50 Å². The zero-order chi connectivity index (χ0) is 13.3. The van der Waals surface area contributed by atoms with Gasteiger partial charge in [0.15, 0.2) is 0 Å². The Labute approximate surface area is 111 Å². The summed E-state index contributed by atoms with van der Waals surface area (Å²) in [5.41, 5.74) is 0.963. The molecule has 1 nitrogen and oxygen atoms in total. The Morgan fingerprint density at radius 1 is 1.11 bits per heavy atom. The van der Waals surface area contributed by atoms with Crippen LogP contribution in [0.4, 0.5) is 4.39 Å². The van der Waals surface area contributed by atoms with Gasteiger partial charge in [-0.15, -0.1) is 0 Å². The second-order valence-electron chi connectivity index (χ2n) is 4.54. The van der Waals surface area contributed by atoms with E-state index in [1.807, 2.05) is 0 Å². The van der Waals surface area contributed by atoms with Crippen LogP contribution in [0.2, 0.25) is 5.02 Å². The predicted octanol–water partition coefficient (Wildman–Crippen LogP) is 4.04. The maximum atomic E-state index is 13.1. The van der Waals surface area contributed by atoms with E-state index in [1.165, 1.54) is 12.1 Å². The van der Waals surface area contributed by atoms with Gasteiger partial charge in [-0.05, 0) is 54.8 Å². The minimum absolute atomic E-state index is 0.303. The lowest BCUT2D eigenvalue weighted by Gasteiger charge is -2.26. The summed E-state index contributed by atoms with van der Waals surface area (Å²) in [7, 11) is 0. The fraction of sp³-hybridized carbons (Fsp3) is 0.200. The third-order valence-electron chi connectivity index (χ3n) is 3.12. The van der Waals surface area contributed by atoms with Gasteiger partial charge in [0.05, 0.1) is 0 Å². The molecule has 0 fully saturated rings. The number of hydrogen-bond donors (Lipinski definition) is 1. The van der Waals surface area contributed by atoms with Crippen molar-refractivity contribution in [2.24, 2.45) is 0 Å². The van der Waals surface area contributed by atoms with E-state index in [4.69, 9.17) is 11.6 Å². The molecule has 0 amide bonds. The number of rotatable bonds is 2. The van der Waals surface area contributed by atoms with Crippen molar-refractivity contribution in [2.45, 2.75) is 19.4 Å². The van der Waals surface area contributed by atoms with Gasteiger partial charge in [0.2, 0.25) is 0 Å². The molecule has 0 heterocycles. The standard InChI is InChI=1S/C15H14ClFO/c1-10-9-13(17)7-8-14(10)15(2,18)11-3-5-12(16)6-4-11/h3-9,18H,1-2H3. The third kappa shape index (κ3) is 2.40. The SMILES string of the molecule is Cc1cc(F)ccc1C(C)(O)c1ccc(Cl)cc1. The monoisotopic (exact) mass is 264 g/mol. The summed E-state index contributed by atoms with van der Waals surface area (Å²) >= 11 is 5.83. The van der Waals surface area contributed by atoms with Crippen LogP contribution in [0.25, 0.3) is 0 Å². The van der Waals surface area contributed by atoms with Crippen LogP contribution in [0.3, 0.4) is 0 Å². The molecule has 1 atom stereocenters. The van der Waals surface area contributed by atoms with Crippen LogP contribution in [-0.2, 0) is 5.60 Å². The first-order valence-electron chi connectivity index (χ1n) is 5.66. The van der Waals surface area contributed by atoms with Gasteiger partial charge >= 0.3 is 0 Å². The van der Waals surface area contributed by atoms with E-state index >= 15 is 0 Å². The lowest BCUT2D eigenvalue weighted by Crippen LogP contribution is -2.23. The smallest absolute Gasteiger partial charge is 0.123 e. The normalized spacial score (nSPS) is 14.3. The van der Waals surface area contributed by atoms with E-state index in [1.54, 1.807) is 44.2 Å². The van der Waals surface area contributed by atoms with Gasteiger partial charge in [-0.3, -0.25) is 0 Å². The fourth-order valence-electron chi connectivity index (χ4n) is 2.10. The first-order chi connectivity index (χ1) is 8.41. The average Bonchev–Trinajstić information content (AvgIpc) is 2.29. The topological polar surface area (TPSA) is 20.2 Å². The highest BCUT2D eigenvalue weighted by molar-refractivity contribution is 6.30. The minimum Gasteiger partial charge on any atom is -0.381 e. The molecule has 0 radical (unpaired) electrons. The number of halogens is 2. The molecule has 2 aromatic rings.